The van der Waals surface area contributed by atoms with Gasteiger partial charge in [-0.25, -0.2) is 8.42 Å². The van der Waals surface area contributed by atoms with E-state index in [1.165, 1.54) is 9.21 Å². The molecule has 2 fully saturated rings. The van der Waals surface area contributed by atoms with Crippen molar-refractivity contribution in [2.24, 2.45) is 11.8 Å². The van der Waals surface area contributed by atoms with Gasteiger partial charge in [-0.15, -0.1) is 0 Å². The molecule has 2 aromatic carbocycles. The molecule has 3 heterocycles. The van der Waals surface area contributed by atoms with Crippen molar-refractivity contribution in [3.05, 3.63) is 48.0 Å². The monoisotopic (exact) mass is 536 g/mol. The van der Waals surface area contributed by atoms with Gasteiger partial charge in [-0.3, -0.25) is 14.4 Å². The molecule has 0 unspecified atom stereocenters. The van der Waals surface area contributed by atoms with Crippen molar-refractivity contribution in [2.45, 2.75) is 49.8 Å². The van der Waals surface area contributed by atoms with Crippen molar-refractivity contribution < 1.29 is 22.8 Å². The lowest BCUT2D eigenvalue weighted by atomic mass is 9.83. The molecule has 38 heavy (non-hydrogen) atoms. The van der Waals surface area contributed by atoms with Crippen molar-refractivity contribution >= 4 is 44.8 Å². The highest BCUT2D eigenvalue weighted by molar-refractivity contribution is 7.89. The summed E-state index contributed by atoms with van der Waals surface area (Å²) in [5.74, 6) is -0.476. The van der Waals surface area contributed by atoms with E-state index in [0.717, 1.165) is 43.4 Å². The third-order valence-corrected chi connectivity index (χ3v) is 10.3. The maximum absolute atomic E-state index is 13.5. The van der Waals surface area contributed by atoms with E-state index in [9.17, 15) is 22.8 Å². The topological polar surface area (TPSA) is 107 Å². The minimum atomic E-state index is -3.73. The van der Waals surface area contributed by atoms with Gasteiger partial charge in [-0.05, 0) is 74.4 Å². The van der Waals surface area contributed by atoms with Crippen LogP contribution in [-0.4, -0.2) is 56.6 Å². The van der Waals surface area contributed by atoms with Gasteiger partial charge in [-0.2, -0.15) is 4.31 Å². The number of sulfonamides is 1. The molecule has 0 bridgehead atoms. The number of carbonyl (C=O) groups excluding carboxylic acids is 3. The number of hydrogen-bond acceptors (Lipinski definition) is 5. The summed E-state index contributed by atoms with van der Waals surface area (Å²) in [5, 5.41) is 2.79. The van der Waals surface area contributed by atoms with E-state index in [1.54, 1.807) is 30.3 Å². The SMILES string of the molecule is O=C1CN(C(=O)C2CCN(S(=O)(=O)c3ccc4c(c3)CCCN4C(=O)C3CCC3)CC2)c2ccccc2N1. The average Bonchev–Trinajstić information content (AvgIpc) is 2.90. The van der Waals surface area contributed by atoms with E-state index in [2.05, 4.69) is 5.32 Å². The van der Waals surface area contributed by atoms with Crippen molar-refractivity contribution in [2.75, 3.05) is 41.3 Å². The molecule has 0 spiro atoms. The molecule has 9 nitrogen and oxygen atoms in total. The summed E-state index contributed by atoms with van der Waals surface area (Å²) in [6.45, 7) is 1.12. The number of rotatable bonds is 4. The zero-order valence-electron chi connectivity index (χ0n) is 21.3. The number of aryl methyl sites for hydroxylation is 1. The minimum absolute atomic E-state index is 0.0379. The first-order valence-electron chi connectivity index (χ1n) is 13.5. The van der Waals surface area contributed by atoms with Gasteiger partial charge in [0, 0.05) is 37.2 Å². The standard InChI is InChI=1S/C28H32N4O5S/c33-26-18-32(25-9-2-1-8-23(25)29-26)28(35)20-12-15-30(16-13-20)38(36,37)22-10-11-24-21(17-22)7-4-14-31(24)27(34)19-5-3-6-19/h1-2,8-11,17,19-20H,3-7,12-16,18H2,(H,29,33). The van der Waals surface area contributed by atoms with Crippen LogP contribution in [0.3, 0.4) is 0 Å². The minimum Gasteiger partial charge on any atom is -0.323 e. The molecular weight excluding hydrogens is 504 g/mol. The van der Waals surface area contributed by atoms with Gasteiger partial charge in [0.2, 0.25) is 27.7 Å². The molecule has 4 aliphatic rings. The molecule has 3 aliphatic heterocycles. The molecule has 1 saturated heterocycles. The predicted octanol–water partition coefficient (Wildman–Crippen LogP) is 3.15. The maximum Gasteiger partial charge on any atom is 0.244 e. The summed E-state index contributed by atoms with van der Waals surface area (Å²) in [6.07, 6.45) is 5.33. The van der Waals surface area contributed by atoms with Crippen LogP contribution < -0.4 is 15.1 Å². The fourth-order valence-electron chi connectivity index (χ4n) is 5.98. The second-order valence-electron chi connectivity index (χ2n) is 10.7. The smallest absolute Gasteiger partial charge is 0.244 e. The number of piperidine rings is 1. The van der Waals surface area contributed by atoms with Crippen molar-refractivity contribution in [3.63, 3.8) is 0 Å². The van der Waals surface area contributed by atoms with E-state index in [1.807, 2.05) is 17.0 Å². The van der Waals surface area contributed by atoms with E-state index >= 15 is 0 Å². The molecule has 0 radical (unpaired) electrons. The Kier molecular flexibility index (Phi) is 6.47. The Morgan fingerprint density at radius 2 is 1.53 bits per heavy atom. The first-order valence-corrected chi connectivity index (χ1v) is 14.9. The van der Waals surface area contributed by atoms with Gasteiger partial charge in [0.15, 0.2) is 0 Å². The average molecular weight is 537 g/mol. The van der Waals surface area contributed by atoms with Gasteiger partial charge in [0.1, 0.15) is 6.54 Å². The summed E-state index contributed by atoms with van der Waals surface area (Å²) < 4.78 is 28.5. The number of benzene rings is 2. The Morgan fingerprint density at radius 1 is 0.816 bits per heavy atom. The Bertz CT molecular complexity index is 1400. The van der Waals surface area contributed by atoms with Gasteiger partial charge < -0.3 is 15.1 Å². The number of amides is 3. The van der Waals surface area contributed by atoms with Gasteiger partial charge in [0.05, 0.1) is 16.3 Å². The van der Waals surface area contributed by atoms with Crippen molar-refractivity contribution in [1.82, 2.24) is 4.31 Å². The number of para-hydroxylation sites is 2. The summed E-state index contributed by atoms with van der Waals surface area (Å²) in [5.41, 5.74) is 3.02. The highest BCUT2D eigenvalue weighted by Crippen LogP contribution is 2.36. The van der Waals surface area contributed by atoms with E-state index in [-0.39, 0.29) is 54.1 Å². The fourth-order valence-corrected chi connectivity index (χ4v) is 7.50. The number of carbonyl (C=O) groups is 3. The Morgan fingerprint density at radius 3 is 2.26 bits per heavy atom. The summed E-state index contributed by atoms with van der Waals surface area (Å²) in [7, 11) is -3.73. The molecular formula is C28H32N4O5S. The lowest BCUT2D eigenvalue weighted by Crippen LogP contribution is -2.48. The Balaban J connectivity index is 1.15. The zero-order chi connectivity index (χ0) is 26.4. The van der Waals surface area contributed by atoms with Crippen LogP contribution in [0.1, 0.15) is 44.1 Å². The molecule has 6 rings (SSSR count). The fraction of sp³-hybridized carbons (Fsp3) is 0.464. The van der Waals surface area contributed by atoms with Crippen LogP contribution in [0.5, 0.6) is 0 Å². The van der Waals surface area contributed by atoms with Crippen LogP contribution >= 0.6 is 0 Å². The third-order valence-electron chi connectivity index (χ3n) is 8.37. The first kappa shape index (κ1) is 25.1. The highest BCUT2D eigenvalue weighted by Gasteiger charge is 2.37. The molecule has 1 aliphatic carbocycles. The Labute approximate surface area is 222 Å². The second-order valence-corrected chi connectivity index (χ2v) is 12.6. The number of hydrogen-bond donors (Lipinski definition) is 1. The molecule has 3 amide bonds. The number of fused-ring (bicyclic) bond motifs is 2. The van der Waals surface area contributed by atoms with Crippen LogP contribution in [0, 0.1) is 11.8 Å². The largest absolute Gasteiger partial charge is 0.323 e. The van der Waals surface area contributed by atoms with Gasteiger partial charge in [0.25, 0.3) is 0 Å². The molecule has 2 aromatic rings. The van der Waals surface area contributed by atoms with Crippen LogP contribution in [0.4, 0.5) is 17.1 Å². The van der Waals surface area contributed by atoms with Gasteiger partial charge in [-0.1, -0.05) is 18.6 Å². The summed E-state index contributed by atoms with van der Waals surface area (Å²) in [4.78, 5) is 42.0. The lowest BCUT2D eigenvalue weighted by Gasteiger charge is -2.36. The van der Waals surface area contributed by atoms with Crippen LogP contribution in [0.15, 0.2) is 47.4 Å². The first-order chi connectivity index (χ1) is 18.3. The quantitative estimate of drug-likeness (QED) is 0.646. The zero-order valence-corrected chi connectivity index (χ0v) is 22.1. The van der Waals surface area contributed by atoms with Gasteiger partial charge >= 0.3 is 0 Å². The molecule has 1 saturated carbocycles. The van der Waals surface area contributed by atoms with E-state index in [4.69, 9.17) is 0 Å². The van der Waals surface area contributed by atoms with Crippen molar-refractivity contribution in [3.8, 4) is 0 Å². The summed E-state index contributed by atoms with van der Waals surface area (Å²) in [6, 6.07) is 12.3. The predicted molar refractivity (Wildman–Crippen MR) is 143 cm³/mol. The van der Waals surface area contributed by atoms with Crippen LogP contribution in [-0.2, 0) is 30.8 Å². The van der Waals surface area contributed by atoms with Crippen LogP contribution in [0.25, 0.3) is 0 Å². The highest BCUT2D eigenvalue weighted by atomic mass is 32.2. The second kappa shape index (κ2) is 9.81. The molecule has 0 atom stereocenters. The third kappa shape index (κ3) is 4.39. The molecule has 10 heteroatoms. The lowest BCUT2D eigenvalue weighted by molar-refractivity contribution is -0.125. The number of nitrogens with zero attached hydrogens (tertiary/aromatic N) is 3. The van der Waals surface area contributed by atoms with Crippen molar-refractivity contribution in [1.29, 1.82) is 0 Å². The normalized spacial score (nSPS) is 20.8. The number of anilines is 3. The molecule has 0 aromatic heterocycles. The molecule has 200 valence electrons. The van der Waals surface area contributed by atoms with E-state index < -0.39 is 10.0 Å². The number of nitrogens with one attached hydrogen (secondary N) is 1. The summed E-state index contributed by atoms with van der Waals surface area (Å²) >= 11 is 0. The maximum atomic E-state index is 13.5. The van der Waals surface area contributed by atoms with Crippen LogP contribution in [0.2, 0.25) is 0 Å². The Hall–Kier alpha value is -3.24. The molecule has 1 N–H and O–H groups in total. The van der Waals surface area contributed by atoms with E-state index in [0.29, 0.717) is 30.8 Å².